The molecule has 1 saturated heterocycles. The van der Waals surface area contributed by atoms with E-state index < -0.39 is 25.2 Å². The molecular weight excluding hydrogens is 431 g/mol. The summed E-state index contributed by atoms with van der Waals surface area (Å²) in [6.07, 6.45) is -2.26. The highest BCUT2D eigenvalue weighted by Gasteiger charge is 2.36. The predicted molar refractivity (Wildman–Crippen MR) is 122 cm³/mol. The van der Waals surface area contributed by atoms with Gasteiger partial charge in [-0.15, -0.1) is 0 Å². The molecule has 0 saturated carbocycles. The van der Waals surface area contributed by atoms with Gasteiger partial charge in [0.05, 0.1) is 0 Å². The van der Waals surface area contributed by atoms with Gasteiger partial charge < -0.3 is 10.2 Å². The third-order valence-electron chi connectivity index (χ3n) is 6.30. The molecule has 1 heterocycles. The maximum absolute atomic E-state index is 12.4. The Morgan fingerprint density at radius 2 is 1.79 bits per heavy atom. The molecule has 1 fully saturated rings. The van der Waals surface area contributed by atoms with Crippen molar-refractivity contribution in [3.8, 4) is 0 Å². The molecule has 3 rings (SSSR count). The summed E-state index contributed by atoms with van der Waals surface area (Å²) >= 11 is 0. The van der Waals surface area contributed by atoms with Crippen LogP contribution < -0.4 is 10.2 Å². The second-order valence-electron chi connectivity index (χ2n) is 8.92. The predicted octanol–water partition coefficient (Wildman–Crippen LogP) is 4.19. The summed E-state index contributed by atoms with van der Waals surface area (Å²) in [4.78, 5) is 27.6. The number of anilines is 1. The fraction of sp³-hybridized carbons (Fsp3) is 0.440. The van der Waals surface area contributed by atoms with Crippen LogP contribution in [0.4, 0.5) is 18.9 Å². The van der Waals surface area contributed by atoms with E-state index in [0.29, 0.717) is 12.1 Å². The van der Waals surface area contributed by atoms with Crippen molar-refractivity contribution in [1.82, 2.24) is 10.2 Å². The Bertz CT molecular complexity index is 955. The number of carbonyl (C=O) groups is 2. The zero-order chi connectivity index (χ0) is 24.1. The van der Waals surface area contributed by atoms with Gasteiger partial charge in [-0.25, -0.2) is 0 Å². The molecule has 0 aliphatic carbocycles. The Balaban J connectivity index is 1.75. The lowest BCUT2D eigenvalue weighted by Gasteiger charge is -2.42. The second kappa shape index (κ2) is 10.4. The van der Waals surface area contributed by atoms with Gasteiger partial charge in [-0.3, -0.25) is 14.5 Å². The molecule has 0 bridgehead atoms. The molecule has 2 amide bonds. The summed E-state index contributed by atoms with van der Waals surface area (Å²) in [6, 6.07) is 15.8. The van der Waals surface area contributed by atoms with Crippen LogP contribution in [0.2, 0.25) is 0 Å². The number of likely N-dealkylation sites (tertiary alicyclic amines) is 1. The molecule has 33 heavy (non-hydrogen) atoms. The van der Waals surface area contributed by atoms with Crippen LogP contribution in [-0.4, -0.2) is 49.6 Å². The summed E-state index contributed by atoms with van der Waals surface area (Å²) in [5.74, 6) is -0.852. The number of hydrogen-bond donors (Lipinski definition) is 1. The molecule has 5 nitrogen and oxygen atoms in total. The largest absolute Gasteiger partial charge is 0.405 e. The first-order valence-corrected chi connectivity index (χ1v) is 11.0. The molecule has 0 spiro atoms. The molecule has 178 valence electrons. The van der Waals surface area contributed by atoms with E-state index in [4.69, 9.17) is 0 Å². The first kappa shape index (κ1) is 24.8. The van der Waals surface area contributed by atoms with Gasteiger partial charge in [0.25, 0.3) is 0 Å². The molecule has 2 aromatic carbocycles. The molecule has 1 N–H and O–H groups in total. The summed E-state index contributed by atoms with van der Waals surface area (Å²) in [5.41, 5.74) is 3.58. The zero-order valence-corrected chi connectivity index (χ0v) is 19.0. The van der Waals surface area contributed by atoms with Crippen molar-refractivity contribution in [3.63, 3.8) is 0 Å². The number of hydrogen-bond acceptors (Lipinski definition) is 3. The van der Waals surface area contributed by atoms with Crippen molar-refractivity contribution in [2.24, 2.45) is 0 Å². The van der Waals surface area contributed by atoms with Crippen molar-refractivity contribution in [1.29, 1.82) is 0 Å². The lowest BCUT2D eigenvalue weighted by atomic mass is 9.72. The van der Waals surface area contributed by atoms with Gasteiger partial charge in [0.15, 0.2) is 0 Å². The van der Waals surface area contributed by atoms with E-state index in [1.54, 1.807) is 12.1 Å². The molecular formula is C25H30F3N3O2. The number of halogens is 3. The third-order valence-corrected chi connectivity index (χ3v) is 6.30. The minimum Gasteiger partial charge on any atom is -0.345 e. The Morgan fingerprint density at radius 3 is 2.39 bits per heavy atom. The van der Waals surface area contributed by atoms with Gasteiger partial charge in [0.2, 0.25) is 12.3 Å². The van der Waals surface area contributed by atoms with E-state index in [9.17, 15) is 22.8 Å². The van der Waals surface area contributed by atoms with E-state index in [0.717, 1.165) is 43.6 Å². The van der Waals surface area contributed by atoms with Crippen LogP contribution in [0.5, 0.6) is 0 Å². The monoisotopic (exact) mass is 461 g/mol. The number of piperidine rings is 1. The number of carbonyl (C=O) groups excluding carboxylic acids is 2. The molecule has 1 aliphatic heterocycles. The first-order chi connectivity index (χ1) is 15.6. The SMILES string of the molecule is Cc1cccc(N(C=O)CC(=O)NCC(F)(F)F)c1C1(C)CCN(Cc2ccccc2)CC1. The Morgan fingerprint density at radius 1 is 1.12 bits per heavy atom. The summed E-state index contributed by atoms with van der Waals surface area (Å²) < 4.78 is 37.3. The van der Waals surface area contributed by atoms with Gasteiger partial charge in [-0.05, 0) is 61.0 Å². The molecule has 2 aromatic rings. The number of nitrogens with zero attached hydrogens (tertiary/aromatic N) is 2. The lowest BCUT2D eigenvalue weighted by Crippen LogP contribution is -2.43. The smallest absolute Gasteiger partial charge is 0.345 e. The highest BCUT2D eigenvalue weighted by Crippen LogP contribution is 2.42. The van der Waals surface area contributed by atoms with Crippen LogP contribution in [-0.2, 0) is 21.5 Å². The van der Waals surface area contributed by atoms with E-state index in [-0.39, 0.29) is 5.41 Å². The van der Waals surface area contributed by atoms with Crippen LogP contribution in [0, 0.1) is 6.92 Å². The van der Waals surface area contributed by atoms with Gasteiger partial charge in [-0.2, -0.15) is 13.2 Å². The quantitative estimate of drug-likeness (QED) is 0.600. The minimum absolute atomic E-state index is 0.225. The molecule has 0 radical (unpaired) electrons. The number of alkyl halides is 3. The summed E-state index contributed by atoms with van der Waals surface area (Å²) in [7, 11) is 0. The van der Waals surface area contributed by atoms with Crippen LogP contribution in [0.25, 0.3) is 0 Å². The normalized spacial score (nSPS) is 16.3. The maximum Gasteiger partial charge on any atom is 0.405 e. The average Bonchev–Trinajstić information content (AvgIpc) is 2.78. The second-order valence-corrected chi connectivity index (χ2v) is 8.92. The van der Waals surface area contributed by atoms with E-state index >= 15 is 0 Å². The average molecular weight is 462 g/mol. The lowest BCUT2D eigenvalue weighted by molar-refractivity contribution is -0.137. The Hall–Kier alpha value is -2.87. The third kappa shape index (κ3) is 6.57. The maximum atomic E-state index is 12.4. The fourth-order valence-electron chi connectivity index (χ4n) is 4.56. The van der Waals surface area contributed by atoms with Crippen molar-refractivity contribution in [2.45, 2.75) is 44.8 Å². The standard InChI is InChI=1S/C25H30F3N3O2/c1-19-7-6-10-21(31(18-32)16-22(33)29-17-25(26,27)28)23(19)24(2)11-13-30(14-12-24)15-20-8-4-3-5-9-20/h3-10,18H,11-17H2,1-2H3,(H,29,33). The summed E-state index contributed by atoms with van der Waals surface area (Å²) in [5, 5.41) is 1.84. The number of aryl methyl sites for hydroxylation is 1. The van der Waals surface area contributed by atoms with Gasteiger partial charge in [-0.1, -0.05) is 49.4 Å². The summed E-state index contributed by atoms with van der Waals surface area (Å²) in [6.45, 7) is 4.87. The zero-order valence-electron chi connectivity index (χ0n) is 19.0. The number of rotatable bonds is 8. The first-order valence-electron chi connectivity index (χ1n) is 11.0. The number of nitrogens with one attached hydrogen (secondary N) is 1. The van der Waals surface area contributed by atoms with Crippen LogP contribution >= 0.6 is 0 Å². The van der Waals surface area contributed by atoms with Gasteiger partial charge >= 0.3 is 6.18 Å². The molecule has 0 aromatic heterocycles. The highest BCUT2D eigenvalue weighted by atomic mass is 19.4. The van der Waals surface area contributed by atoms with Crippen LogP contribution in [0.1, 0.15) is 36.5 Å². The number of amides is 2. The molecule has 8 heteroatoms. The van der Waals surface area contributed by atoms with Crippen molar-refractivity contribution in [2.75, 3.05) is 31.1 Å². The Kier molecular flexibility index (Phi) is 7.79. The Labute approximate surface area is 192 Å². The van der Waals surface area contributed by atoms with Crippen LogP contribution in [0.3, 0.4) is 0 Å². The van der Waals surface area contributed by atoms with Crippen molar-refractivity contribution >= 4 is 18.0 Å². The minimum atomic E-state index is -4.50. The van der Waals surface area contributed by atoms with Crippen molar-refractivity contribution in [3.05, 3.63) is 65.2 Å². The molecule has 0 unspecified atom stereocenters. The molecule has 1 aliphatic rings. The van der Waals surface area contributed by atoms with E-state index in [1.807, 2.05) is 36.5 Å². The van der Waals surface area contributed by atoms with E-state index in [2.05, 4.69) is 24.0 Å². The van der Waals surface area contributed by atoms with E-state index in [1.165, 1.54) is 10.5 Å². The van der Waals surface area contributed by atoms with Crippen LogP contribution in [0.15, 0.2) is 48.5 Å². The fourth-order valence-corrected chi connectivity index (χ4v) is 4.56. The number of benzene rings is 2. The van der Waals surface area contributed by atoms with Crippen molar-refractivity contribution < 1.29 is 22.8 Å². The highest BCUT2D eigenvalue weighted by molar-refractivity contribution is 5.89. The molecule has 0 atom stereocenters. The van der Waals surface area contributed by atoms with Gasteiger partial charge in [0.1, 0.15) is 13.1 Å². The topological polar surface area (TPSA) is 52.7 Å². The van der Waals surface area contributed by atoms with Gasteiger partial charge in [0, 0.05) is 12.2 Å².